The molecule has 3 rings (SSSR count). The van der Waals surface area contributed by atoms with Crippen LogP contribution >= 0.6 is 0 Å². The minimum Gasteiger partial charge on any atom is -0.393 e. The van der Waals surface area contributed by atoms with Crippen molar-refractivity contribution in [1.82, 2.24) is 19.5 Å². The minimum atomic E-state index is -1.29. The van der Waals surface area contributed by atoms with Crippen LogP contribution in [0.25, 0.3) is 11.2 Å². The highest BCUT2D eigenvalue weighted by atomic mass is 16.6. The Labute approximate surface area is 112 Å². The number of aromatic amines is 1. The number of hydrogen-bond acceptors (Lipinski definition) is 7. The maximum atomic E-state index is 11.6. The Hall–Kier alpha value is -1.81. The molecule has 2 aromatic heterocycles. The van der Waals surface area contributed by atoms with E-state index < -0.39 is 36.2 Å². The summed E-state index contributed by atoms with van der Waals surface area (Å²) in [5, 5.41) is 29.3. The average molecular weight is 282 g/mol. The van der Waals surface area contributed by atoms with E-state index in [4.69, 9.17) is 4.74 Å². The molecule has 3 heterocycles. The third kappa shape index (κ3) is 1.68. The lowest BCUT2D eigenvalue weighted by atomic mass is 9.99. The first-order valence-corrected chi connectivity index (χ1v) is 6.03. The Kier molecular flexibility index (Phi) is 2.87. The largest absolute Gasteiger partial charge is 0.393 e. The Balaban J connectivity index is 2.09. The SMILES string of the molecule is C[C@]1(CO)O[C@@H](n2cnc3c(=O)[nH]cnc32)C(O)[C@H]1O. The molecule has 0 aromatic carbocycles. The van der Waals surface area contributed by atoms with Crippen molar-refractivity contribution in [3.05, 3.63) is 23.0 Å². The molecule has 0 amide bonds. The number of ether oxygens (including phenoxy) is 1. The smallest absolute Gasteiger partial charge is 0.278 e. The number of H-pyrrole nitrogens is 1. The van der Waals surface area contributed by atoms with Gasteiger partial charge >= 0.3 is 0 Å². The minimum absolute atomic E-state index is 0.107. The Morgan fingerprint density at radius 3 is 2.90 bits per heavy atom. The van der Waals surface area contributed by atoms with Gasteiger partial charge < -0.3 is 25.0 Å². The zero-order valence-corrected chi connectivity index (χ0v) is 10.6. The summed E-state index contributed by atoms with van der Waals surface area (Å²) in [7, 11) is 0. The van der Waals surface area contributed by atoms with E-state index in [1.54, 1.807) is 0 Å². The van der Waals surface area contributed by atoms with E-state index in [1.807, 2.05) is 0 Å². The van der Waals surface area contributed by atoms with Crippen molar-refractivity contribution in [1.29, 1.82) is 0 Å². The molecule has 0 bridgehead atoms. The second kappa shape index (κ2) is 4.35. The van der Waals surface area contributed by atoms with Crippen molar-refractivity contribution in [3.8, 4) is 0 Å². The van der Waals surface area contributed by atoms with Crippen LogP contribution in [0.15, 0.2) is 17.4 Å². The Morgan fingerprint density at radius 1 is 1.50 bits per heavy atom. The quantitative estimate of drug-likeness (QED) is 0.506. The standard InChI is InChI=1S/C11H14N4O5/c1-11(2-16)7(18)6(17)10(20-11)15-4-14-5-8(15)12-3-13-9(5)19/h3-4,6-7,10,16-18H,2H2,1H3,(H,12,13,19)/t6?,7-,10-,11-/m1/s1. The fourth-order valence-corrected chi connectivity index (χ4v) is 2.33. The molecule has 4 N–H and O–H groups in total. The van der Waals surface area contributed by atoms with E-state index in [-0.39, 0.29) is 11.2 Å². The first kappa shape index (κ1) is 13.2. The van der Waals surface area contributed by atoms with Gasteiger partial charge in [-0.1, -0.05) is 0 Å². The topological polar surface area (TPSA) is 133 Å². The predicted molar refractivity (Wildman–Crippen MR) is 65.8 cm³/mol. The van der Waals surface area contributed by atoms with Gasteiger partial charge in [-0.05, 0) is 6.92 Å². The molecule has 1 saturated heterocycles. The summed E-state index contributed by atoms with van der Waals surface area (Å²) in [6.07, 6.45) is -1.01. The van der Waals surface area contributed by atoms with Crippen LogP contribution in [0.1, 0.15) is 13.2 Å². The average Bonchev–Trinajstić information content (AvgIpc) is 2.96. The Morgan fingerprint density at radius 2 is 2.25 bits per heavy atom. The second-order valence-corrected chi connectivity index (χ2v) is 4.97. The maximum absolute atomic E-state index is 11.6. The summed E-state index contributed by atoms with van der Waals surface area (Å²) < 4.78 is 6.90. The molecule has 0 aliphatic carbocycles. The second-order valence-electron chi connectivity index (χ2n) is 4.97. The Bertz CT molecular complexity index is 697. The van der Waals surface area contributed by atoms with Crippen molar-refractivity contribution in [2.24, 2.45) is 0 Å². The normalized spacial score (nSPS) is 33.9. The van der Waals surface area contributed by atoms with E-state index in [9.17, 15) is 20.1 Å². The van der Waals surface area contributed by atoms with Crippen LogP contribution < -0.4 is 5.56 Å². The van der Waals surface area contributed by atoms with Crippen LogP contribution in [0.3, 0.4) is 0 Å². The molecule has 1 unspecified atom stereocenters. The van der Waals surface area contributed by atoms with Gasteiger partial charge in [0.25, 0.3) is 5.56 Å². The molecule has 0 radical (unpaired) electrons. The van der Waals surface area contributed by atoms with Crippen LogP contribution in [0.2, 0.25) is 0 Å². The summed E-state index contributed by atoms with van der Waals surface area (Å²) in [5.74, 6) is 0. The van der Waals surface area contributed by atoms with Crippen molar-refractivity contribution < 1.29 is 20.1 Å². The molecule has 108 valence electrons. The van der Waals surface area contributed by atoms with Crippen molar-refractivity contribution in [2.45, 2.75) is 31.0 Å². The number of rotatable bonds is 2. The molecule has 9 nitrogen and oxygen atoms in total. The van der Waals surface area contributed by atoms with Gasteiger partial charge in [0.2, 0.25) is 0 Å². The van der Waals surface area contributed by atoms with E-state index >= 15 is 0 Å². The third-order valence-corrected chi connectivity index (χ3v) is 3.58. The number of aliphatic hydroxyl groups is 3. The van der Waals surface area contributed by atoms with E-state index in [2.05, 4.69) is 15.0 Å². The zero-order chi connectivity index (χ0) is 14.5. The lowest BCUT2D eigenvalue weighted by Crippen LogP contribution is -2.43. The van der Waals surface area contributed by atoms with Crippen LogP contribution in [0.5, 0.6) is 0 Å². The fourth-order valence-electron chi connectivity index (χ4n) is 2.33. The van der Waals surface area contributed by atoms with Gasteiger partial charge in [0.15, 0.2) is 17.4 Å². The lowest BCUT2D eigenvalue weighted by Gasteiger charge is -2.24. The number of aromatic nitrogens is 4. The van der Waals surface area contributed by atoms with Gasteiger partial charge in [-0.3, -0.25) is 9.36 Å². The molecule has 1 aliphatic rings. The van der Waals surface area contributed by atoms with Crippen molar-refractivity contribution in [3.63, 3.8) is 0 Å². The number of hydrogen-bond donors (Lipinski definition) is 4. The molecule has 0 saturated carbocycles. The van der Waals surface area contributed by atoms with Gasteiger partial charge in [0.1, 0.15) is 17.8 Å². The molecule has 1 aliphatic heterocycles. The number of fused-ring (bicyclic) bond motifs is 1. The van der Waals surface area contributed by atoms with Crippen molar-refractivity contribution in [2.75, 3.05) is 6.61 Å². The van der Waals surface area contributed by atoms with Crippen LogP contribution in [0.4, 0.5) is 0 Å². The molecule has 0 spiro atoms. The first-order valence-electron chi connectivity index (χ1n) is 6.03. The highest BCUT2D eigenvalue weighted by Crippen LogP contribution is 2.37. The molecule has 4 atom stereocenters. The number of aliphatic hydroxyl groups excluding tert-OH is 3. The van der Waals surface area contributed by atoms with E-state index in [1.165, 1.54) is 24.1 Å². The van der Waals surface area contributed by atoms with Gasteiger partial charge in [-0.15, -0.1) is 0 Å². The van der Waals surface area contributed by atoms with Crippen LogP contribution in [0, 0.1) is 0 Å². The molecule has 9 heteroatoms. The number of imidazole rings is 1. The first-order chi connectivity index (χ1) is 9.48. The van der Waals surface area contributed by atoms with E-state index in [0.717, 1.165) is 0 Å². The number of nitrogens with one attached hydrogen (secondary N) is 1. The van der Waals surface area contributed by atoms with Crippen LogP contribution in [-0.2, 0) is 4.74 Å². The summed E-state index contributed by atoms with van der Waals surface area (Å²) in [5.41, 5.74) is -1.36. The maximum Gasteiger partial charge on any atom is 0.278 e. The summed E-state index contributed by atoms with van der Waals surface area (Å²) in [6.45, 7) is 1.03. The molecular weight excluding hydrogens is 268 g/mol. The molecular formula is C11H14N4O5. The fraction of sp³-hybridized carbons (Fsp3) is 0.545. The van der Waals surface area contributed by atoms with Gasteiger partial charge in [0.05, 0.1) is 19.3 Å². The van der Waals surface area contributed by atoms with Gasteiger partial charge in [-0.2, -0.15) is 0 Å². The van der Waals surface area contributed by atoms with E-state index in [0.29, 0.717) is 0 Å². The summed E-state index contributed by atoms with van der Waals surface area (Å²) >= 11 is 0. The predicted octanol–water partition coefficient (Wildman–Crippen LogP) is -1.88. The highest BCUT2D eigenvalue weighted by Gasteiger charge is 2.52. The zero-order valence-electron chi connectivity index (χ0n) is 10.6. The summed E-state index contributed by atoms with van der Waals surface area (Å²) in [4.78, 5) is 21.9. The number of nitrogens with zero attached hydrogens (tertiary/aromatic N) is 3. The molecule has 20 heavy (non-hydrogen) atoms. The lowest BCUT2D eigenvalue weighted by molar-refractivity contribution is -0.115. The molecule has 1 fully saturated rings. The third-order valence-electron chi connectivity index (χ3n) is 3.58. The monoisotopic (exact) mass is 282 g/mol. The van der Waals surface area contributed by atoms with Crippen molar-refractivity contribution >= 4 is 11.2 Å². The van der Waals surface area contributed by atoms with Gasteiger partial charge in [0, 0.05) is 0 Å². The van der Waals surface area contributed by atoms with Gasteiger partial charge in [-0.25, -0.2) is 9.97 Å². The van der Waals surface area contributed by atoms with Crippen LogP contribution in [-0.4, -0.2) is 59.3 Å². The molecule has 2 aromatic rings. The highest BCUT2D eigenvalue weighted by molar-refractivity contribution is 5.68. The summed E-state index contributed by atoms with van der Waals surface area (Å²) in [6, 6.07) is 0.